The first-order chi connectivity index (χ1) is 5.85. The first-order valence-electron chi connectivity index (χ1n) is 3.77. The van der Waals surface area contributed by atoms with Crippen molar-refractivity contribution in [3.8, 4) is 0 Å². The van der Waals surface area contributed by atoms with Crippen LogP contribution in [-0.4, -0.2) is 46.0 Å². The van der Waals surface area contributed by atoms with Crippen molar-refractivity contribution < 1.29 is 5.11 Å². The smallest absolute Gasteiger partial charge is 0.0558 e. The Morgan fingerprint density at radius 2 is 1.83 bits per heavy atom. The normalized spacial score (nSPS) is 13.2. The summed E-state index contributed by atoms with van der Waals surface area (Å²) >= 11 is 14.6. The van der Waals surface area contributed by atoms with Gasteiger partial charge in [-0.15, -0.1) is 23.2 Å². The zero-order valence-corrected chi connectivity index (χ0v) is 9.98. The second-order valence-corrected chi connectivity index (χ2v) is 5.44. The summed E-state index contributed by atoms with van der Waals surface area (Å²) in [6.45, 7) is 0.233. The standard InChI is InChI=1S/C7H14Cl2OS2/c8-1-3-11-6-7(5-10)12-4-2-9/h7,10H,1-6H2. The van der Waals surface area contributed by atoms with Crippen molar-refractivity contribution in [1.82, 2.24) is 0 Å². The number of aliphatic hydroxyl groups is 1. The van der Waals surface area contributed by atoms with Gasteiger partial charge in [-0.1, -0.05) is 0 Å². The van der Waals surface area contributed by atoms with Crippen LogP contribution in [0.3, 0.4) is 0 Å². The van der Waals surface area contributed by atoms with E-state index < -0.39 is 0 Å². The van der Waals surface area contributed by atoms with E-state index in [-0.39, 0.29) is 6.61 Å². The van der Waals surface area contributed by atoms with Crippen LogP contribution in [-0.2, 0) is 0 Å². The number of hydrogen-bond acceptors (Lipinski definition) is 3. The zero-order valence-electron chi connectivity index (χ0n) is 6.84. The Balaban J connectivity index is 3.26. The summed E-state index contributed by atoms with van der Waals surface area (Å²) in [4.78, 5) is 0. The molecule has 0 aromatic heterocycles. The van der Waals surface area contributed by atoms with Gasteiger partial charge < -0.3 is 5.11 Å². The SMILES string of the molecule is OCC(CSCCCl)SCCCl. The summed E-state index contributed by atoms with van der Waals surface area (Å²) in [6.07, 6.45) is 0. The van der Waals surface area contributed by atoms with Crippen molar-refractivity contribution in [2.75, 3.05) is 35.6 Å². The Kier molecular flexibility index (Phi) is 11.4. The van der Waals surface area contributed by atoms with Crippen molar-refractivity contribution in [1.29, 1.82) is 0 Å². The second-order valence-electron chi connectivity index (χ2n) is 2.13. The number of rotatable bonds is 8. The molecule has 0 saturated heterocycles. The quantitative estimate of drug-likeness (QED) is 0.526. The number of thioether (sulfide) groups is 2. The molecule has 5 heteroatoms. The van der Waals surface area contributed by atoms with Crippen LogP contribution < -0.4 is 0 Å². The molecular weight excluding hydrogens is 235 g/mol. The summed E-state index contributed by atoms with van der Waals surface area (Å²) in [5.74, 6) is 4.17. The Morgan fingerprint density at radius 1 is 1.17 bits per heavy atom. The fourth-order valence-electron chi connectivity index (χ4n) is 0.634. The van der Waals surface area contributed by atoms with Crippen LogP contribution in [0, 0.1) is 0 Å². The highest BCUT2D eigenvalue weighted by Gasteiger charge is 2.06. The number of aliphatic hydroxyl groups excluding tert-OH is 1. The van der Waals surface area contributed by atoms with Crippen molar-refractivity contribution in [2.45, 2.75) is 5.25 Å². The van der Waals surface area contributed by atoms with Crippen LogP contribution >= 0.6 is 46.7 Å². The molecule has 0 aromatic carbocycles. The second kappa shape index (κ2) is 10.3. The van der Waals surface area contributed by atoms with E-state index in [0.29, 0.717) is 17.0 Å². The van der Waals surface area contributed by atoms with Crippen LogP contribution in [0.4, 0.5) is 0 Å². The molecule has 0 amide bonds. The van der Waals surface area contributed by atoms with Crippen LogP contribution in [0.25, 0.3) is 0 Å². The average molecular weight is 249 g/mol. The van der Waals surface area contributed by atoms with Gasteiger partial charge in [0.15, 0.2) is 0 Å². The summed E-state index contributed by atoms with van der Waals surface area (Å²) in [6, 6.07) is 0. The summed E-state index contributed by atoms with van der Waals surface area (Å²) < 4.78 is 0. The summed E-state index contributed by atoms with van der Waals surface area (Å²) in [7, 11) is 0. The molecule has 1 N–H and O–H groups in total. The van der Waals surface area contributed by atoms with Gasteiger partial charge >= 0.3 is 0 Å². The van der Waals surface area contributed by atoms with Gasteiger partial charge in [0, 0.05) is 34.3 Å². The molecule has 0 spiro atoms. The van der Waals surface area contributed by atoms with Gasteiger partial charge in [0.05, 0.1) is 6.61 Å². The third kappa shape index (κ3) is 7.87. The molecule has 1 nitrogen and oxygen atoms in total. The molecule has 0 bridgehead atoms. The van der Waals surface area contributed by atoms with E-state index in [2.05, 4.69) is 0 Å². The molecule has 0 rings (SSSR count). The molecule has 0 aliphatic rings. The monoisotopic (exact) mass is 248 g/mol. The molecule has 74 valence electrons. The van der Waals surface area contributed by atoms with Gasteiger partial charge in [0.1, 0.15) is 0 Å². The van der Waals surface area contributed by atoms with E-state index in [0.717, 1.165) is 17.3 Å². The molecule has 12 heavy (non-hydrogen) atoms. The minimum absolute atomic E-state index is 0.233. The Morgan fingerprint density at radius 3 is 2.33 bits per heavy atom. The minimum Gasteiger partial charge on any atom is -0.395 e. The number of alkyl halides is 2. The molecule has 0 saturated carbocycles. The zero-order chi connectivity index (χ0) is 9.23. The van der Waals surface area contributed by atoms with Crippen molar-refractivity contribution >= 4 is 46.7 Å². The molecular formula is C7H14Cl2OS2. The molecule has 0 fully saturated rings. The van der Waals surface area contributed by atoms with Crippen LogP contribution in [0.15, 0.2) is 0 Å². The fourth-order valence-corrected chi connectivity index (χ4v) is 3.07. The Labute approximate surface area is 92.6 Å². The lowest BCUT2D eigenvalue weighted by atomic mass is 10.5. The predicted octanol–water partition coefficient (Wildman–Crippen LogP) is 2.29. The van der Waals surface area contributed by atoms with Crippen LogP contribution in [0.1, 0.15) is 0 Å². The van der Waals surface area contributed by atoms with Gasteiger partial charge in [-0.05, 0) is 0 Å². The third-order valence-electron chi connectivity index (χ3n) is 1.16. The molecule has 1 atom stereocenters. The summed E-state index contributed by atoms with van der Waals surface area (Å²) in [5, 5.41) is 9.26. The number of halogens is 2. The van der Waals surface area contributed by atoms with E-state index in [1.165, 1.54) is 0 Å². The maximum absolute atomic E-state index is 8.94. The minimum atomic E-state index is 0.233. The molecule has 0 aromatic rings. The first kappa shape index (κ1) is 13.2. The van der Waals surface area contributed by atoms with E-state index in [1.54, 1.807) is 23.5 Å². The Hall–Kier alpha value is 1.24. The average Bonchev–Trinajstić information content (AvgIpc) is 2.11. The number of hydrogen-bond donors (Lipinski definition) is 1. The molecule has 0 aliphatic heterocycles. The van der Waals surface area contributed by atoms with Gasteiger partial charge in [0.2, 0.25) is 0 Å². The topological polar surface area (TPSA) is 20.2 Å². The van der Waals surface area contributed by atoms with Crippen molar-refractivity contribution in [3.05, 3.63) is 0 Å². The lowest BCUT2D eigenvalue weighted by Gasteiger charge is -2.11. The maximum Gasteiger partial charge on any atom is 0.0558 e. The highest BCUT2D eigenvalue weighted by molar-refractivity contribution is 8.03. The fraction of sp³-hybridized carbons (Fsp3) is 1.00. The first-order valence-corrected chi connectivity index (χ1v) is 7.04. The molecule has 0 heterocycles. The predicted molar refractivity (Wildman–Crippen MR) is 62.1 cm³/mol. The third-order valence-corrected chi connectivity index (χ3v) is 4.55. The molecule has 0 aliphatic carbocycles. The highest BCUT2D eigenvalue weighted by Crippen LogP contribution is 2.16. The van der Waals surface area contributed by atoms with E-state index in [9.17, 15) is 0 Å². The lowest BCUT2D eigenvalue weighted by molar-refractivity contribution is 0.301. The van der Waals surface area contributed by atoms with Crippen molar-refractivity contribution in [3.63, 3.8) is 0 Å². The van der Waals surface area contributed by atoms with Crippen LogP contribution in [0.5, 0.6) is 0 Å². The van der Waals surface area contributed by atoms with Crippen molar-refractivity contribution in [2.24, 2.45) is 0 Å². The molecule has 1 unspecified atom stereocenters. The van der Waals surface area contributed by atoms with E-state index >= 15 is 0 Å². The van der Waals surface area contributed by atoms with Gasteiger partial charge in [-0.2, -0.15) is 23.5 Å². The van der Waals surface area contributed by atoms with Gasteiger partial charge in [0.25, 0.3) is 0 Å². The summed E-state index contributed by atoms with van der Waals surface area (Å²) in [5.41, 5.74) is 0. The van der Waals surface area contributed by atoms with Gasteiger partial charge in [-0.25, -0.2) is 0 Å². The largest absolute Gasteiger partial charge is 0.395 e. The lowest BCUT2D eigenvalue weighted by Crippen LogP contribution is -2.13. The highest BCUT2D eigenvalue weighted by atomic mass is 35.5. The van der Waals surface area contributed by atoms with E-state index in [1.807, 2.05) is 0 Å². The molecule has 0 radical (unpaired) electrons. The Bertz CT molecular complexity index is 95.5. The van der Waals surface area contributed by atoms with E-state index in [4.69, 9.17) is 28.3 Å². The maximum atomic E-state index is 8.94. The van der Waals surface area contributed by atoms with Gasteiger partial charge in [-0.3, -0.25) is 0 Å². The van der Waals surface area contributed by atoms with Crippen LogP contribution in [0.2, 0.25) is 0 Å².